The molecule has 16 heavy (non-hydrogen) atoms. The lowest BCUT2D eigenvalue weighted by atomic mass is 10.3. The van der Waals surface area contributed by atoms with Crippen LogP contribution in [0, 0.1) is 10.1 Å². The van der Waals surface area contributed by atoms with Crippen molar-refractivity contribution in [2.24, 2.45) is 4.99 Å². The van der Waals surface area contributed by atoms with Gasteiger partial charge in [0.1, 0.15) is 0 Å². The van der Waals surface area contributed by atoms with Gasteiger partial charge in [-0.3, -0.25) is 10.1 Å². The van der Waals surface area contributed by atoms with Gasteiger partial charge in [0, 0.05) is 12.1 Å². The van der Waals surface area contributed by atoms with Crippen molar-refractivity contribution in [2.45, 2.75) is 6.18 Å². The van der Waals surface area contributed by atoms with Gasteiger partial charge < -0.3 is 0 Å². The van der Waals surface area contributed by atoms with E-state index in [1.807, 2.05) is 0 Å². The number of nitrogens with zero attached hydrogens (tertiary/aromatic N) is 2. The van der Waals surface area contributed by atoms with Crippen LogP contribution >= 0.6 is 11.6 Å². The number of hydrogen-bond acceptors (Lipinski definition) is 3. The van der Waals surface area contributed by atoms with Gasteiger partial charge in [-0.05, 0) is 6.07 Å². The lowest BCUT2D eigenvalue weighted by molar-refractivity contribution is -0.384. The molecular formula is C8H4ClF3N2O2. The maximum Gasteiger partial charge on any atom is 0.444 e. The van der Waals surface area contributed by atoms with Gasteiger partial charge in [-0.25, -0.2) is 4.99 Å². The first-order valence-electron chi connectivity index (χ1n) is 3.86. The molecule has 1 aromatic rings. The van der Waals surface area contributed by atoms with Gasteiger partial charge >= 0.3 is 6.18 Å². The molecule has 1 rings (SSSR count). The van der Waals surface area contributed by atoms with E-state index in [2.05, 4.69) is 4.99 Å². The van der Waals surface area contributed by atoms with Crippen LogP contribution in [0.2, 0.25) is 0 Å². The Labute approximate surface area is 92.5 Å². The normalized spacial score (nSPS) is 12.6. The molecule has 0 amide bonds. The van der Waals surface area contributed by atoms with Crippen molar-refractivity contribution in [1.82, 2.24) is 0 Å². The van der Waals surface area contributed by atoms with Gasteiger partial charge in [-0.2, -0.15) is 13.2 Å². The van der Waals surface area contributed by atoms with E-state index >= 15 is 0 Å². The lowest BCUT2D eigenvalue weighted by Crippen LogP contribution is -2.16. The van der Waals surface area contributed by atoms with Crippen LogP contribution in [0.4, 0.5) is 24.5 Å². The van der Waals surface area contributed by atoms with Crippen LogP contribution < -0.4 is 0 Å². The number of non-ortho nitro benzene ring substituents is 1. The minimum absolute atomic E-state index is 0.225. The zero-order valence-electron chi connectivity index (χ0n) is 7.53. The van der Waals surface area contributed by atoms with Crippen molar-refractivity contribution in [3.8, 4) is 0 Å². The molecule has 0 spiro atoms. The molecule has 0 atom stereocenters. The van der Waals surface area contributed by atoms with Crippen molar-refractivity contribution < 1.29 is 18.1 Å². The fourth-order valence-electron chi connectivity index (χ4n) is 0.853. The predicted octanol–water partition coefficient (Wildman–Crippen LogP) is 3.43. The summed E-state index contributed by atoms with van der Waals surface area (Å²) in [5, 5.41) is 8.76. The van der Waals surface area contributed by atoms with Crippen LogP contribution in [-0.4, -0.2) is 16.3 Å². The van der Waals surface area contributed by atoms with Gasteiger partial charge in [-0.1, -0.05) is 17.7 Å². The molecule has 0 saturated heterocycles. The number of hydrogen-bond donors (Lipinski definition) is 0. The molecule has 0 aliphatic heterocycles. The highest BCUT2D eigenvalue weighted by atomic mass is 35.5. The summed E-state index contributed by atoms with van der Waals surface area (Å²) in [5.74, 6) is 0. The van der Waals surface area contributed by atoms with Crippen LogP contribution in [0.1, 0.15) is 0 Å². The van der Waals surface area contributed by atoms with E-state index in [9.17, 15) is 23.3 Å². The highest BCUT2D eigenvalue weighted by molar-refractivity contribution is 6.67. The third-order valence-corrected chi connectivity index (χ3v) is 1.80. The molecule has 4 nitrogen and oxygen atoms in total. The van der Waals surface area contributed by atoms with Crippen molar-refractivity contribution >= 4 is 28.1 Å². The van der Waals surface area contributed by atoms with Crippen molar-refractivity contribution in [3.05, 3.63) is 34.4 Å². The Balaban J connectivity index is 3.07. The molecule has 0 aliphatic carbocycles. The Morgan fingerprint density at radius 2 is 2.06 bits per heavy atom. The van der Waals surface area contributed by atoms with Gasteiger partial charge in [-0.15, -0.1) is 0 Å². The molecule has 0 unspecified atom stereocenters. The third kappa shape index (κ3) is 3.20. The van der Waals surface area contributed by atoms with Crippen molar-refractivity contribution in [2.75, 3.05) is 0 Å². The molecule has 0 N–H and O–H groups in total. The molecule has 0 heterocycles. The van der Waals surface area contributed by atoms with Gasteiger partial charge in [0.25, 0.3) is 5.69 Å². The Bertz CT molecular complexity index is 445. The van der Waals surface area contributed by atoms with Crippen LogP contribution in [0.25, 0.3) is 0 Å². The van der Waals surface area contributed by atoms with E-state index in [-0.39, 0.29) is 11.4 Å². The minimum Gasteiger partial charge on any atom is -0.258 e. The van der Waals surface area contributed by atoms with E-state index in [1.165, 1.54) is 12.1 Å². The first-order valence-corrected chi connectivity index (χ1v) is 4.24. The summed E-state index contributed by atoms with van der Waals surface area (Å²) in [6.07, 6.45) is -4.76. The summed E-state index contributed by atoms with van der Waals surface area (Å²) in [5.41, 5.74) is -0.579. The molecule has 0 saturated carbocycles. The van der Waals surface area contributed by atoms with Crippen LogP contribution in [0.5, 0.6) is 0 Å². The SMILES string of the molecule is O=[N+]([O-])c1cccc(N=C(Cl)C(F)(F)F)c1. The molecule has 86 valence electrons. The number of nitro benzene ring substituents is 1. The van der Waals surface area contributed by atoms with E-state index in [4.69, 9.17) is 11.6 Å². The van der Waals surface area contributed by atoms with E-state index in [0.717, 1.165) is 12.1 Å². The van der Waals surface area contributed by atoms with E-state index in [0.29, 0.717) is 0 Å². The number of aliphatic imine (C=N–C) groups is 1. The van der Waals surface area contributed by atoms with Crippen molar-refractivity contribution in [1.29, 1.82) is 0 Å². The average molecular weight is 253 g/mol. The Morgan fingerprint density at radius 3 is 2.56 bits per heavy atom. The average Bonchev–Trinajstić information content (AvgIpc) is 2.16. The molecular weight excluding hydrogens is 249 g/mol. The summed E-state index contributed by atoms with van der Waals surface area (Å²) in [6.45, 7) is 0. The summed E-state index contributed by atoms with van der Waals surface area (Å²) < 4.78 is 36.0. The number of rotatable bonds is 2. The Kier molecular flexibility index (Phi) is 3.48. The number of alkyl halides is 3. The lowest BCUT2D eigenvalue weighted by Gasteiger charge is -2.02. The van der Waals surface area contributed by atoms with E-state index < -0.39 is 16.3 Å². The smallest absolute Gasteiger partial charge is 0.258 e. The highest BCUT2D eigenvalue weighted by Crippen LogP contribution is 2.25. The molecule has 0 bridgehead atoms. The summed E-state index contributed by atoms with van der Waals surface area (Å²) in [4.78, 5) is 12.6. The molecule has 1 aromatic carbocycles. The Hall–Kier alpha value is -1.63. The second-order valence-electron chi connectivity index (χ2n) is 2.68. The standard InChI is InChI=1S/C8H4ClF3N2O2/c9-7(8(10,11)12)13-5-2-1-3-6(4-5)14(15)16/h1-4H. The quantitative estimate of drug-likeness (QED) is 0.460. The largest absolute Gasteiger partial charge is 0.444 e. The van der Waals surface area contributed by atoms with E-state index in [1.54, 1.807) is 0 Å². The molecule has 0 aliphatic rings. The summed E-state index contributed by atoms with van der Waals surface area (Å²) in [7, 11) is 0. The number of halogens is 4. The maximum atomic E-state index is 12.0. The van der Waals surface area contributed by atoms with Crippen LogP contribution in [0.15, 0.2) is 29.3 Å². The zero-order chi connectivity index (χ0) is 12.3. The zero-order valence-corrected chi connectivity index (χ0v) is 8.29. The van der Waals surface area contributed by atoms with Gasteiger partial charge in [0.05, 0.1) is 10.6 Å². The fourth-order valence-corrected chi connectivity index (χ4v) is 0.950. The third-order valence-electron chi connectivity index (χ3n) is 1.50. The molecule has 0 fully saturated rings. The van der Waals surface area contributed by atoms with Crippen LogP contribution in [-0.2, 0) is 0 Å². The fraction of sp³-hybridized carbons (Fsp3) is 0.125. The topological polar surface area (TPSA) is 55.5 Å². The Morgan fingerprint density at radius 1 is 1.44 bits per heavy atom. The van der Waals surface area contributed by atoms with Gasteiger partial charge in [0.15, 0.2) is 0 Å². The monoisotopic (exact) mass is 252 g/mol. The second-order valence-corrected chi connectivity index (χ2v) is 3.04. The first kappa shape index (κ1) is 12.4. The first-order chi connectivity index (χ1) is 7.30. The number of nitro groups is 1. The predicted molar refractivity (Wildman–Crippen MR) is 52.1 cm³/mol. The second kappa shape index (κ2) is 4.48. The molecule has 0 aromatic heterocycles. The van der Waals surface area contributed by atoms with Crippen LogP contribution in [0.3, 0.4) is 0 Å². The molecule has 8 heteroatoms. The summed E-state index contributed by atoms with van der Waals surface area (Å²) >= 11 is 4.88. The summed E-state index contributed by atoms with van der Waals surface area (Å²) in [6, 6.07) is 4.44. The minimum atomic E-state index is -4.76. The number of benzene rings is 1. The molecule has 0 radical (unpaired) electrons. The highest BCUT2D eigenvalue weighted by Gasteiger charge is 2.34. The van der Waals surface area contributed by atoms with Crippen molar-refractivity contribution in [3.63, 3.8) is 0 Å². The van der Waals surface area contributed by atoms with Gasteiger partial charge in [0.2, 0.25) is 5.17 Å². The maximum absolute atomic E-state index is 12.0.